The molecule has 0 aliphatic heterocycles. The van der Waals surface area contributed by atoms with Gasteiger partial charge in [-0.25, -0.2) is 0 Å². The lowest BCUT2D eigenvalue weighted by molar-refractivity contribution is 1.07. The average molecular weight is 248 g/mol. The molecule has 0 saturated carbocycles. The summed E-state index contributed by atoms with van der Waals surface area (Å²) >= 11 is 3.53. The van der Waals surface area contributed by atoms with Crippen molar-refractivity contribution in [1.29, 1.82) is 0 Å². The zero-order valence-electron chi connectivity index (χ0n) is 7.65. The number of pyridine rings is 1. The van der Waals surface area contributed by atoms with Gasteiger partial charge < -0.3 is 0 Å². The monoisotopic (exact) mass is 247 g/mol. The molecular formula is C12H10BrN. The molecule has 1 aromatic heterocycles. The Kier molecular flexibility index (Phi) is 2.94. The van der Waals surface area contributed by atoms with Gasteiger partial charge in [-0.3, -0.25) is 4.98 Å². The van der Waals surface area contributed by atoms with Gasteiger partial charge in [-0.2, -0.15) is 0 Å². The second-order valence-electron chi connectivity index (χ2n) is 3.09. The van der Waals surface area contributed by atoms with E-state index >= 15 is 0 Å². The van der Waals surface area contributed by atoms with Gasteiger partial charge in [-0.15, -0.1) is 0 Å². The molecule has 14 heavy (non-hydrogen) atoms. The first kappa shape index (κ1) is 9.41. The summed E-state index contributed by atoms with van der Waals surface area (Å²) in [6.45, 7) is 0. The summed E-state index contributed by atoms with van der Waals surface area (Å²) in [6.07, 6.45) is 2.70. The van der Waals surface area contributed by atoms with Crippen LogP contribution in [-0.2, 0) is 6.42 Å². The molecule has 0 amide bonds. The Labute approximate surface area is 91.9 Å². The summed E-state index contributed by atoms with van der Waals surface area (Å²) in [5.41, 5.74) is 2.37. The Morgan fingerprint density at radius 1 is 1.00 bits per heavy atom. The lowest BCUT2D eigenvalue weighted by Gasteiger charge is -2.02. The third-order valence-electron chi connectivity index (χ3n) is 2.06. The molecule has 0 bridgehead atoms. The van der Waals surface area contributed by atoms with Gasteiger partial charge in [0.2, 0.25) is 0 Å². The zero-order chi connectivity index (χ0) is 9.80. The predicted octanol–water partition coefficient (Wildman–Crippen LogP) is 3.43. The minimum absolute atomic E-state index is 0.877. The molecule has 0 aliphatic carbocycles. The third-order valence-corrected chi connectivity index (χ3v) is 2.83. The highest BCUT2D eigenvalue weighted by Gasteiger charge is 1.99. The number of aromatic nitrogens is 1. The van der Waals surface area contributed by atoms with Crippen molar-refractivity contribution in [2.24, 2.45) is 0 Å². The van der Waals surface area contributed by atoms with E-state index in [1.54, 1.807) is 0 Å². The molecule has 0 fully saturated rings. The first-order valence-electron chi connectivity index (χ1n) is 4.49. The van der Waals surface area contributed by atoms with Gasteiger partial charge in [-0.05, 0) is 23.8 Å². The number of nitrogens with zero attached hydrogens (tertiary/aromatic N) is 1. The van der Waals surface area contributed by atoms with Crippen molar-refractivity contribution in [3.8, 4) is 0 Å². The minimum Gasteiger partial charge on any atom is -0.261 e. The molecule has 0 aliphatic rings. The lowest BCUT2D eigenvalue weighted by atomic mass is 10.1. The normalized spacial score (nSPS) is 10.1. The van der Waals surface area contributed by atoms with Crippen LogP contribution in [0.2, 0.25) is 0 Å². The maximum Gasteiger partial charge on any atom is 0.0447 e. The first-order chi connectivity index (χ1) is 6.86. The van der Waals surface area contributed by atoms with Crippen molar-refractivity contribution in [3.63, 3.8) is 0 Å². The minimum atomic E-state index is 0.877. The second-order valence-corrected chi connectivity index (χ2v) is 3.94. The van der Waals surface area contributed by atoms with Gasteiger partial charge in [0, 0.05) is 22.8 Å². The van der Waals surface area contributed by atoms with E-state index in [1.165, 1.54) is 5.56 Å². The quantitative estimate of drug-likeness (QED) is 0.793. The van der Waals surface area contributed by atoms with E-state index in [0.717, 1.165) is 16.6 Å². The van der Waals surface area contributed by atoms with Gasteiger partial charge in [0.25, 0.3) is 0 Å². The molecule has 2 heteroatoms. The molecule has 1 nitrogen and oxygen atoms in total. The summed E-state index contributed by atoms with van der Waals surface area (Å²) in [4.78, 5) is 4.29. The maximum atomic E-state index is 4.29. The van der Waals surface area contributed by atoms with Gasteiger partial charge in [0.05, 0.1) is 0 Å². The number of hydrogen-bond acceptors (Lipinski definition) is 1. The highest BCUT2D eigenvalue weighted by atomic mass is 79.9. The molecule has 0 saturated heterocycles. The van der Waals surface area contributed by atoms with Gasteiger partial charge >= 0.3 is 0 Å². The van der Waals surface area contributed by atoms with Gasteiger partial charge in [-0.1, -0.05) is 40.2 Å². The smallest absolute Gasteiger partial charge is 0.0447 e. The van der Waals surface area contributed by atoms with Crippen molar-refractivity contribution in [2.45, 2.75) is 6.42 Å². The van der Waals surface area contributed by atoms with E-state index in [0.29, 0.717) is 0 Å². The largest absolute Gasteiger partial charge is 0.261 e. The molecule has 0 radical (unpaired) electrons. The summed E-state index contributed by atoms with van der Waals surface area (Å²) < 4.78 is 1.14. The maximum absolute atomic E-state index is 4.29. The highest BCUT2D eigenvalue weighted by molar-refractivity contribution is 9.10. The summed E-state index contributed by atoms with van der Waals surface area (Å²) in [5.74, 6) is 0. The van der Waals surface area contributed by atoms with Gasteiger partial charge in [0.1, 0.15) is 0 Å². The molecule has 0 atom stereocenters. The number of hydrogen-bond donors (Lipinski definition) is 0. The summed E-state index contributed by atoms with van der Waals surface area (Å²) in [5, 5.41) is 0. The van der Waals surface area contributed by atoms with E-state index in [4.69, 9.17) is 0 Å². The van der Waals surface area contributed by atoms with Crippen LogP contribution in [0.15, 0.2) is 53.1 Å². The van der Waals surface area contributed by atoms with E-state index in [-0.39, 0.29) is 0 Å². The fourth-order valence-electron chi connectivity index (χ4n) is 1.34. The Morgan fingerprint density at radius 2 is 1.79 bits per heavy atom. The Morgan fingerprint density at radius 3 is 2.50 bits per heavy atom. The first-order valence-corrected chi connectivity index (χ1v) is 5.29. The van der Waals surface area contributed by atoms with Crippen LogP contribution in [0.5, 0.6) is 0 Å². The fourth-order valence-corrected chi connectivity index (χ4v) is 1.76. The highest BCUT2D eigenvalue weighted by Crippen LogP contribution is 2.18. The van der Waals surface area contributed by atoms with Crippen molar-refractivity contribution in [3.05, 3.63) is 64.4 Å². The average Bonchev–Trinajstić information content (AvgIpc) is 2.23. The Balaban J connectivity index is 2.24. The molecule has 70 valence electrons. The topological polar surface area (TPSA) is 12.9 Å². The zero-order valence-corrected chi connectivity index (χ0v) is 9.24. The Hall–Kier alpha value is -1.15. The summed E-state index contributed by atoms with van der Waals surface area (Å²) in [6, 6.07) is 14.2. The summed E-state index contributed by atoms with van der Waals surface area (Å²) in [7, 11) is 0. The van der Waals surface area contributed by atoms with Gasteiger partial charge in [0.15, 0.2) is 0 Å². The number of halogens is 1. The molecule has 2 aromatic rings. The van der Waals surface area contributed by atoms with Crippen molar-refractivity contribution >= 4 is 15.9 Å². The van der Waals surface area contributed by atoms with E-state index in [2.05, 4.69) is 33.0 Å². The molecule has 0 unspecified atom stereocenters. The van der Waals surface area contributed by atoms with Crippen molar-refractivity contribution in [1.82, 2.24) is 4.98 Å². The molecule has 0 N–H and O–H groups in total. The molecule has 2 rings (SSSR count). The number of benzene rings is 1. The SMILES string of the molecule is Brc1ccccc1Cc1ccccn1. The van der Waals surface area contributed by atoms with Crippen LogP contribution in [0.4, 0.5) is 0 Å². The van der Waals surface area contributed by atoms with Crippen LogP contribution in [0.3, 0.4) is 0 Å². The van der Waals surface area contributed by atoms with Crippen LogP contribution in [-0.4, -0.2) is 4.98 Å². The Bertz CT molecular complexity index is 412. The van der Waals surface area contributed by atoms with E-state index in [1.807, 2.05) is 36.5 Å². The second kappa shape index (κ2) is 4.38. The standard InChI is InChI=1S/C12H10BrN/c13-12-7-2-1-5-10(12)9-11-6-3-4-8-14-11/h1-8H,9H2. The van der Waals surface area contributed by atoms with Crippen LogP contribution < -0.4 is 0 Å². The molecule has 0 spiro atoms. The lowest BCUT2D eigenvalue weighted by Crippen LogP contribution is -1.91. The van der Waals surface area contributed by atoms with Crippen LogP contribution in [0, 0.1) is 0 Å². The third kappa shape index (κ3) is 2.20. The van der Waals surface area contributed by atoms with E-state index < -0.39 is 0 Å². The number of rotatable bonds is 2. The van der Waals surface area contributed by atoms with Crippen molar-refractivity contribution in [2.75, 3.05) is 0 Å². The molecule has 1 heterocycles. The van der Waals surface area contributed by atoms with Crippen LogP contribution in [0.25, 0.3) is 0 Å². The molecular weight excluding hydrogens is 238 g/mol. The molecule has 1 aromatic carbocycles. The van der Waals surface area contributed by atoms with Crippen LogP contribution >= 0.6 is 15.9 Å². The van der Waals surface area contributed by atoms with Crippen molar-refractivity contribution < 1.29 is 0 Å². The predicted molar refractivity (Wildman–Crippen MR) is 61.2 cm³/mol. The van der Waals surface area contributed by atoms with Crippen LogP contribution in [0.1, 0.15) is 11.3 Å². The fraction of sp³-hybridized carbons (Fsp3) is 0.0833. The van der Waals surface area contributed by atoms with E-state index in [9.17, 15) is 0 Å².